The third kappa shape index (κ3) is 3.40. The molecular formula is C11H20N2S. The van der Waals surface area contributed by atoms with Crippen molar-refractivity contribution in [1.82, 2.24) is 10.2 Å². The maximum atomic E-state index is 3.53. The van der Waals surface area contributed by atoms with E-state index in [1.54, 1.807) is 0 Å². The van der Waals surface area contributed by atoms with Gasteiger partial charge >= 0.3 is 0 Å². The Bertz CT molecular complexity index is 244. The summed E-state index contributed by atoms with van der Waals surface area (Å²) in [6.45, 7) is 5.48. The van der Waals surface area contributed by atoms with Gasteiger partial charge in [-0.2, -0.15) is 0 Å². The van der Waals surface area contributed by atoms with Crippen molar-refractivity contribution in [3.8, 4) is 0 Å². The zero-order valence-electron chi connectivity index (χ0n) is 9.45. The first-order chi connectivity index (χ1) is 6.61. The zero-order valence-corrected chi connectivity index (χ0v) is 10.3. The molecule has 1 heterocycles. The molecule has 0 amide bonds. The van der Waals surface area contributed by atoms with Crippen molar-refractivity contribution in [1.29, 1.82) is 0 Å². The maximum absolute atomic E-state index is 3.53. The highest BCUT2D eigenvalue weighted by atomic mass is 32.1. The minimum atomic E-state index is 0.470. The molecule has 80 valence electrons. The molecule has 1 aromatic heterocycles. The van der Waals surface area contributed by atoms with E-state index in [0.717, 1.165) is 6.54 Å². The van der Waals surface area contributed by atoms with E-state index in [9.17, 15) is 0 Å². The van der Waals surface area contributed by atoms with Gasteiger partial charge in [0, 0.05) is 23.5 Å². The van der Waals surface area contributed by atoms with Gasteiger partial charge in [0.2, 0.25) is 0 Å². The minimum Gasteiger partial charge on any atom is -0.308 e. The Balaban J connectivity index is 2.32. The monoisotopic (exact) mass is 212 g/mol. The average molecular weight is 212 g/mol. The first-order valence-electron chi connectivity index (χ1n) is 5.04. The van der Waals surface area contributed by atoms with Crippen LogP contribution in [0.5, 0.6) is 0 Å². The van der Waals surface area contributed by atoms with Gasteiger partial charge in [0.05, 0.1) is 0 Å². The van der Waals surface area contributed by atoms with E-state index in [1.165, 1.54) is 4.88 Å². The zero-order chi connectivity index (χ0) is 10.6. The molecule has 1 rings (SSSR count). The molecule has 0 saturated carbocycles. The standard InChI is InChI=1S/C11H20N2S/c1-9(13(3)4)8-12-10(2)11-6-5-7-14-11/h5-7,9-10,12H,8H2,1-4H3. The minimum absolute atomic E-state index is 0.470. The van der Waals surface area contributed by atoms with Gasteiger partial charge in [-0.25, -0.2) is 0 Å². The first kappa shape index (κ1) is 11.7. The highest BCUT2D eigenvalue weighted by molar-refractivity contribution is 7.10. The molecule has 0 fully saturated rings. The summed E-state index contributed by atoms with van der Waals surface area (Å²) >= 11 is 1.81. The molecule has 0 aromatic carbocycles. The second-order valence-corrected chi connectivity index (χ2v) is 4.94. The van der Waals surface area contributed by atoms with Gasteiger partial charge in [0.1, 0.15) is 0 Å². The third-order valence-electron chi connectivity index (χ3n) is 2.57. The van der Waals surface area contributed by atoms with Crippen molar-refractivity contribution in [2.24, 2.45) is 0 Å². The van der Waals surface area contributed by atoms with E-state index in [-0.39, 0.29) is 0 Å². The van der Waals surface area contributed by atoms with E-state index >= 15 is 0 Å². The fraction of sp³-hybridized carbons (Fsp3) is 0.636. The normalized spacial score (nSPS) is 15.8. The number of hydrogen-bond acceptors (Lipinski definition) is 3. The van der Waals surface area contributed by atoms with Crippen molar-refractivity contribution >= 4 is 11.3 Å². The van der Waals surface area contributed by atoms with Crippen molar-refractivity contribution in [3.63, 3.8) is 0 Å². The molecule has 0 saturated heterocycles. The van der Waals surface area contributed by atoms with Gasteiger partial charge in [0.15, 0.2) is 0 Å². The summed E-state index contributed by atoms with van der Waals surface area (Å²) in [7, 11) is 4.23. The van der Waals surface area contributed by atoms with Crippen molar-refractivity contribution < 1.29 is 0 Å². The van der Waals surface area contributed by atoms with Crippen molar-refractivity contribution in [3.05, 3.63) is 22.4 Å². The van der Waals surface area contributed by atoms with Crippen molar-refractivity contribution in [2.75, 3.05) is 20.6 Å². The van der Waals surface area contributed by atoms with E-state index in [4.69, 9.17) is 0 Å². The van der Waals surface area contributed by atoms with E-state index in [1.807, 2.05) is 11.3 Å². The van der Waals surface area contributed by atoms with Crippen LogP contribution in [0, 0.1) is 0 Å². The summed E-state index contributed by atoms with van der Waals surface area (Å²) in [6.07, 6.45) is 0. The molecule has 1 N–H and O–H groups in total. The summed E-state index contributed by atoms with van der Waals surface area (Å²) in [4.78, 5) is 3.64. The molecule has 0 aliphatic carbocycles. The summed E-state index contributed by atoms with van der Waals surface area (Å²) in [6, 6.07) is 5.34. The number of nitrogens with zero attached hydrogens (tertiary/aromatic N) is 1. The molecule has 0 aliphatic heterocycles. The van der Waals surface area contributed by atoms with Crippen LogP contribution in [0.1, 0.15) is 24.8 Å². The van der Waals surface area contributed by atoms with E-state index in [0.29, 0.717) is 12.1 Å². The highest BCUT2D eigenvalue weighted by Gasteiger charge is 2.08. The Morgan fingerprint density at radius 2 is 2.14 bits per heavy atom. The van der Waals surface area contributed by atoms with Crippen LogP contribution in [-0.4, -0.2) is 31.6 Å². The number of likely N-dealkylation sites (N-methyl/N-ethyl adjacent to an activating group) is 1. The summed E-state index contributed by atoms with van der Waals surface area (Å²) < 4.78 is 0. The molecular weight excluding hydrogens is 192 g/mol. The molecule has 2 atom stereocenters. The van der Waals surface area contributed by atoms with Gasteiger partial charge < -0.3 is 10.2 Å². The largest absolute Gasteiger partial charge is 0.308 e. The van der Waals surface area contributed by atoms with Gasteiger partial charge in [-0.05, 0) is 39.4 Å². The average Bonchev–Trinajstić information content (AvgIpc) is 2.66. The molecule has 1 aromatic rings. The van der Waals surface area contributed by atoms with Crippen LogP contribution >= 0.6 is 11.3 Å². The summed E-state index contributed by atoms with van der Waals surface area (Å²) in [5.41, 5.74) is 0. The SMILES string of the molecule is CC(NCC(C)N(C)C)c1cccs1. The van der Waals surface area contributed by atoms with Gasteiger partial charge in [-0.1, -0.05) is 6.07 Å². The predicted molar refractivity (Wildman–Crippen MR) is 63.9 cm³/mol. The highest BCUT2D eigenvalue weighted by Crippen LogP contribution is 2.17. The second-order valence-electron chi connectivity index (χ2n) is 3.96. The first-order valence-corrected chi connectivity index (χ1v) is 5.92. The Labute approximate surface area is 90.9 Å². The lowest BCUT2D eigenvalue weighted by Gasteiger charge is -2.22. The Hall–Kier alpha value is -0.380. The predicted octanol–water partition coefficient (Wildman–Crippen LogP) is 2.35. The van der Waals surface area contributed by atoms with E-state index in [2.05, 4.69) is 55.7 Å². The molecule has 2 unspecified atom stereocenters. The molecule has 3 heteroatoms. The van der Waals surface area contributed by atoms with Gasteiger partial charge in [-0.3, -0.25) is 0 Å². The maximum Gasteiger partial charge on any atom is 0.0386 e. The van der Waals surface area contributed by atoms with Gasteiger partial charge in [-0.15, -0.1) is 11.3 Å². The fourth-order valence-electron chi connectivity index (χ4n) is 1.17. The van der Waals surface area contributed by atoms with Crippen molar-refractivity contribution in [2.45, 2.75) is 25.9 Å². The van der Waals surface area contributed by atoms with Crippen LogP contribution < -0.4 is 5.32 Å². The number of hydrogen-bond donors (Lipinski definition) is 1. The van der Waals surface area contributed by atoms with Gasteiger partial charge in [0.25, 0.3) is 0 Å². The van der Waals surface area contributed by atoms with Crippen LogP contribution in [-0.2, 0) is 0 Å². The molecule has 0 aliphatic rings. The van der Waals surface area contributed by atoms with Crippen LogP contribution in [0.4, 0.5) is 0 Å². The van der Waals surface area contributed by atoms with Crippen LogP contribution in [0.25, 0.3) is 0 Å². The lowest BCUT2D eigenvalue weighted by Crippen LogP contribution is -2.36. The molecule has 2 nitrogen and oxygen atoms in total. The molecule has 0 spiro atoms. The Morgan fingerprint density at radius 1 is 1.43 bits per heavy atom. The van der Waals surface area contributed by atoms with Crippen LogP contribution in [0.3, 0.4) is 0 Å². The lowest BCUT2D eigenvalue weighted by atomic mass is 10.2. The lowest BCUT2D eigenvalue weighted by molar-refractivity contribution is 0.296. The molecule has 0 bridgehead atoms. The van der Waals surface area contributed by atoms with Crippen LogP contribution in [0.15, 0.2) is 17.5 Å². The fourth-order valence-corrected chi connectivity index (χ4v) is 1.93. The number of nitrogens with one attached hydrogen (secondary N) is 1. The summed E-state index contributed by atoms with van der Waals surface area (Å²) in [5.74, 6) is 0. The molecule has 0 radical (unpaired) electrons. The Kier molecular flexibility index (Phi) is 4.58. The second kappa shape index (κ2) is 5.49. The Morgan fingerprint density at radius 3 is 2.64 bits per heavy atom. The smallest absolute Gasteiger partial charge is 0.0386 e. The van der Waals surface area contributed by atoms with E-state index < -0.39 is 0 Å². The number of rotatable bonds is 5. The quantitative estimate of drug-likeness (QED) is 0.806. The summed E-state index contributed by atoms with van der Waals surface area (Å²) in [5, 5.41) is 5.66. The third-order valence-corrected chi connectivity index (χ3v) is 3.63. The number of thiophene rings is 1. The van der Waals surface area contributed by atoms with Crippen LogP contribution in [0.2, 0.25) is 0 Å². The molecule has 14 heavy (non-hydrogen) atoms. The topological polar surface area (TPSA) is 15.3 Å².